The van der Waals surface area contributed by atoms with E-state index in [4.69, 9.17) is 9.47 Å². The summed E-state index contributed by atoms with van der Waals surface area (Å²) >= 11 is 0. The van der Waals surface area contributed by atoms with E-state index in [9.17, 15) is 24.0 Å². The van der Waals surface area contributed by atoms with Crippen LogP contribution in [0, 0.1) is 11.3 Å². The zero-order chi connectivity index (χ0) is 38.1. The van der Waals surface area contributed by atoms with Gasteiger partial charge < -0.3 is 35.2 Å². The van der Waals surface area contributed by atoms with Gasteiger partial charge in [-0.25, -0.2) is 19.2 Å². The van der Waals surface area contributed by atoms with Crippen LogP contribution in [0.1, 0.15) is 113 Å². The Hall–Kier alpha value is -3.88. The van der Waals surface area contributed by atoms with E-state index in [0.717, 1.165) is 57.9 Å². The predicted molar refractivity (Wildman–Crippen MR) is 196 cm³/mol. The number of anilines is 1. The van der Waals surface area contributed by atoms with Gasteiger partial charge in [0.2, 0.25) is 5.91 Å². The lowest BCUT2D eigenvalue weighted by atomic mass is 9.52. The van der Waals surface area contributed by atoms with Crippen LogP contribution >= 0.6 is 0 Å². The first-order valence-electron chi connectivity index (χ1n) is 18.9. The van der Waals surface area contributed by atoms with E-state index in [2.05, 4.69) is 26.3 Å². The number of nitrogens with one attached hydrogen (secondary N) is 4. The van der Waals surface area contributed by atoms with Crippen LogP contribution in [-0.2, 0) is 14.3 Å². The number of carbonyl (C=O) groups is 4. The zero-order valence-corrected chi connectivity index (χ0v) is 32.3. The maximum atomic E-state index is 13.1. The second-order valence-electron chi connectivity index (χ2n) is 17.9. The lowest BCUT2D eigenvalue weighted by Crippen LogP contribution is -2.61. The zero-order valence-electron chi connectivity index (χ0n) is 32.3. The van der Waals surface area contributed by atoms with Crippen LogP contribution in [0.2, 0.25) is 0 Å². The molecule has 5 rings (SSSR count). The Labute approximate surface area is 307 Å². The minimum atomic E-state index is -1.18. The molecular weight excluding hydrogens is 668 g/mol. The van der Waals surface area contributed by atoms with Gasteiger partial charge in [0.25, 0.3) is 0 Å². The fraction of sp³-hybridized carbons (Fsp3) is 0.784. The molecule has 3 aliphatic carbocycles. The molecule has 5 amide bonds. The van der Waals surface area contributed by atoms with Crippen molar-refractivity contribution < 1.29 is 28.7 Å². The van der Waals surface area contributed by atoms with Crippen LogP contribution < -0.4 is 27.0 Å². The first-order valence-corrected chi connectivity index (χ1v) is 18.9. The average Bonchev–Trinajstić information content (AvgIpc) is 2.99. The van der Waals surface area contributed by atoms with Crippen LogP contribution in [0.25, 0.3) is 0 Å². The second-order valence-corrected chi connectivity index (χ2v) is 17.9. The molecule has 1 saturated heterocycles. The van der Waals surface area contributed by atoms with Crippen LogP contribution in [-0.4, -0.2) is 105 Å². The summed E-state index contributed by atoms with van der Waals surface area (Å²) in [7, 11) is 0. The number of amides is 5. The first kappa shape index (κ1) is 39.3. The van der Waals surface area contributed by atoms with Gasteiger partial charge >= 0.3 is 23.9 Å². The highest BCUT2D eigenvalue weighted by Gasteiger charge is 2.53. The summed E-state index contributed by atoms with van der Waals surface area (Å²) in [5.41, 5.74) is -2.36. The summed E-state index contributed by atoms with van der Waals surface area (Å²) in [5.74, 6) is 0.503. The predicted octanol–water partition coefficient (Wildman–Crippen LogP) is 4.38. The molecule has 0 bridgehead atoms. The Morgan fingerprint density at radius 3 is 1.94 bits per heavy atom. The van der Waals surface area contributed by atoms with Gasteiger partial charge in [-0.05, 0) is 131 Å². The minimum Gasteiger partial charge on any atom is -0.444 e. The number of nitrogens with zero attached hydrogens (tertiary/aromatic N) is 4. The molecule has 0 radical (unpaired) electrons. The van der Waals surface area contributed by atoms with Gasteiger partial charge in [-0.1, -0.05) is 0 Å². The fourth-order valence-corrected chi connectivity index (χ4v) is 8.05. The maximum absolute atomic E-state index is 13.1. The highest BCUT2D eigenvalue weighted by atomic mass is 16.6. The highest BCUT2D eigenvalue weighted by Crippen LogP contribution is 2.56. The van der Waals surface area contributed by atoms with Crippen molar-refractivity contribution in [2.24, 2.45) is 11.3 Å². The third-order valence-corrected chi connectivity index (χ3v) is 10.6. The summed E-state index contributed by atoms with van der Waals surface area (Å²) in [6.45, 7) is 16.3. The molecule has 15 nitrogen and oxygen atoms in total. The standard InChI is InChI=1S/C37H60N8O7/c1-34(2,3)51-32(49)39-26-21-37(22-26)19-25(20-37)38-23-24-9-11-27(12-10-24)45-14-13-28(41-31(45)48)40-30(47)44-17-15-43(16-18-44)29(46)36(7,8)42-33(50)52-35(4,5)6/h13-14,24-27,38H,9-12,15-23H2,1-8H3,(H,39,49)(H,42,50)(H,40,41,47,48)/t24-,25?,26?,27-,37?. The number of alkyl carbamates (subject to hydrolysis) is 2. The van der Waals surface area contributed by atoms with E-state index in [1.54, 1.807) is 61.2 Å². The van der Waals surface area contributed by atoms with Gasteiger partial charge in [0, 0.05) is 50.5 Å². The highest BCUT2D eigenvalue weighted by molar-refractivity contribution is 5.90. The molecule has 0 atom stereocenters. The molecule has 3 saturated carbocycles. The Balaban J connectivity index is 0.981. The largest absolute Gasteiger partial charge is 0.444 e. The summed E-state index contributed by atoms with van der Waals surface area (Å²) in [6, 6.07) is 2.10. The third kappa shape index (κ3) is 10.4. The number of rotatable bonds is 8. The summed E-state index contributed by atoms with van der Waals surface area (Å²) in [4.78, 5) is 70.8. The Kier molecular flexibility index (Phi) is 11.5. The normalized spacial score (nSPS) is 26.5. The van der Waals surface area contributed by atoms with Crippen molar-refractivity contribution in [3.63, 3.8) is 0 Å². The first-order chi connectivity index (χ1) is 24.2. The van der Waals surface area contributed by atoms with Crippen molar-refractivity contribution in [3.8, 4) is 0 Å². The average molecular weight is 729 g/mol. The van der Waals surface area contributed by atoms with Crippen LogP contribution in [0.15, 0.2) is 17.1 Å². The number of aromatic nitrogens is 2. The van der Waals surface area contributed by atoms with Gasteiger partial charge in [0.15, 0.2) is 0 Å². The molecule has 4 N–H and O–H groups in total. The van der Waals surface area contributed by atoms with E-state index in [1.807, 2.05) is 20.8 Å². The number of carbonyl (C=O) groups excluding carboxylic acids is 4. The Morgan fingerprint density at radius 2 is 1.37 bits per heavy atom. The van der Waals surface area contributed by atoms with Crippen molar-refractivity contribution in [1.82, 2.24) is 35.3 Å². The molecular formula is C37H60N8O7. The molecule has 4 aliphatic rings. The van der Waals surface area contributed by atoms with Gasteiger partial charge in [-0.3, -0.25) is 14.7 Å². The van der Waals surface area contributed by atoms with E-state index < -0.39 is 22.8 Å². The van der Waals surface area contributed by atoms with Gasteiger partial charge in [0.05, 0.1) is 0 Å². The SMILES string of the molecule is CC(C)(C)OC(=O)NC1CC2(CC(NC[C@H]3CC[C@H](n4ccc(NC(=O)N5CCN(C(=O)C(C)(C)NC(=O)OC(C)(C)C)CC5)nc4=O)CC3)C2)C1. The van der Waals surface area contributed by atoms with Crippen LogP contribution in [0.3, 0.4) is 0 Å². The molecule has 1 aromatic rings. The summed E-state index contributed by atoms with van der Waals surface area (Å²) < 4.78 is 12.4. The minimum absolute atomic E-state index is 0.0806. The lowest BCUT2D eigenvalue weighted by Gasteiger charge is -2.58. The van der Waals surface area contributed by atoms with Crippen LogP contribution in [0.4, 0.5) is 20.2 Å². The molecule has 1 spiro atoms. The lowest BCUT2D eigenvalue weighted by molar-refractivity contribution is -0.138. The van der Waals surface area contributed by atoms with Gasteiger partial charge in [-0.2, -0.15) is 4.98 Å². The van der Waals surface area contributed by atoms with E-state index >= 15 is 0 Å². The molecule has 290 valence electrons. The Bertz CT molecular complexity index is 1520. The molecule has 1 aliphatic heterocycles. The fourth-order valence-electron chi connectivity index (χ4n) is 8.05. The summed E-state index contributed by atoms with van der Waals surface area (Å²) in [6.07, 6.45) is 8.96. The van der Waals surface area contributed by atoms with Crippen molar-refractivity contribution >= 4 is 29.9 Å². The number of ether oxygens (including phenoxy) is 2. The second kappa shape index (κ2) is 15.2. The molecule has 4 fully saturated rings. The summed E-state index contributed by atoms with van der Waals surface area (Å²) in [5, 5.41) is 12.2. The smallest absolute Gasteiger partial charge is 0.408 e. The maximum Gasteiger partial charge on any atom is 0.408 e. The number of hydrogen-bond donors (Lipinski definition) is 4. The molecule has 52 heavy (non-hydrogen) atoms. The van der Waals surface area contributed by atoms with Crippen molar-refractivity contribution in [3.05, 3.63) is 22.7 Å². The van der Waals surface area contributed by atoms with Crippen molar-refractivity contribution in [2.75, 3.05) is 38.0 Å². The number of urea groups is 1. The van der Waals surface area contributed by atoms with E-state index in [-0.39, 0.29) is 41.6 Å². The third-order valence-electron chi connectivity index (χ3n) is 10.6. The van der Waals surface area contributed by atoms with E-state index in [1.165, 1.54) is 0 Å². The van der Waals surface area contributed by atoms with Gasteiger partial charge in [-0.15, -0.1) is 0 Å². The topological polar surface area (TPSA) is 176 Å². The monoisotopic (exact) mass is 728 g/mol. The molecule has 15 heteroatoms. The van der Waals surface area contributed by atoms with Crippen molar-refractivity contribution in [2.45, 2.75) is 142 Å². The molecule has 0 unspecified atom stereocenters. The quantitative estimate of drug-likeness (QED) is 0.303. The number of hydrogen-bond acceptors (Lipinski definition) is 9. The Morgan fingerprint density at radius 1 is 0.808 bits per heavy atom. The molecule has 0 aromatic carbocycles. The molecule has 1 aromatic heterocycles. The van der Waals surface area contributed by atoms with Crippen LogP contribution in [0.5, 0.6) is 0 Å². The van der Waals surface area contributed by atoms with E-state index in [0.29, 0.717) is 43.6 Å². The molecule has 2 heterocycles. The number of piperazine rings is 1. The van der Waals surface area contributed by atoms with Gasteiger partial charge in [0.1, 0.15) is 22.6 Å². The van der Waals surface area contributed by atoms with Crippen molar-refractivity contribution in [1.29, 1.82) is 0 Å².